The third-order valence-corrected chi connectivity index (χ3v) is 4.50. The van der Waals surface area contributed by atoms with Gasteiger partial charge in [-0.3, -0.25) is 9.59 Å². The number of hydrogen-bond donors (Lipinski definition) is 3. The smallest absolute Gasteiger partial charge is 0.251 e. The van der Waals surface area contributed by atoms with Gasteiger partial charge in [0.1, 0.15) is 5.75 Å². The first-order chi connectivity index (χ1) is 14.5. The van der Waals surface area contributed by atoms with Crippen molar-refractivity contribution in [3.8, 4) is 5.75 Å². The maximum Gasteiger partial charge on any atom is 0.251 e. The van der Waals surface area contributed by atoms with Crippen LogP contribution in [0, 0.1) is 5.92 Å². The predicted molar refractivity (Wildman–Crippen MR) is 122 cm³/mol. The van der Waals surface area contributed by atoms with Crippen LogP contribution in [-0.4, -0.2) is 31.5 Å². The molecule has 162 valence electrons. The van der Waals surface area contributed by atoms with E-state index in [9.17, 15) is 9.59 Å². The van der Waals surface area contributed by atoms with Crippen molar-refractivity contribution in [3.63, 3.8) is 0 Å². The second-order valence-electron chi connectivity index (χ2n) is 7.65. The average Bonchev–Trinajstić information content (AvgIpc) is 2.73. The summed E-state index contributed by atoms with van der Waals surface area (Å²) in [6.07, 6.45) is 2.99. The van der Waals surface area contributed by atoms with Crippen molar-refractivity contribution in [1.82, 2.24) is 5.32 Å². The van der Waals surface area contributed by atoms with Crippen LogP contribution < -0.4 is 20.7 Å². The molecule has 0 bridgehead atoms. The van der Waals surface area contributed by atoms with E-state index in [1.54, 1.807) is 24.3 Å². The highest BCUT2D eigenvalue weighted by molar-refractivity contribution is 5.96. The van der Waals surface area contributed by atoms with Gasteiger partial charge in [0.25, 0.3) is 5.91 Å². The number of benzene rings is 2. The van der Waals surface area contributed by atoms with Crippen LogP contribution in [0.1, 0.15) is 50.4 Å². The summed E-state index contributed by atoms with van der Waals surface area (Å²) in [5, 5.41) is 8.81. The molecule has 0 aromatic heterocycles. The van der Waals surface area contributed by atoms with E-state index in [1.807, 2.05) is 24.3 Å². The first kappa shape index (κ1) is 23.3. The van der Waals surface area contributed by atoms with Gasteiger partial charge in [-0.05, 0) is 55.2 Å². The van der Waals surface area contributed by atoms with Gasteiger partial charge in [-0.2, -0.15) is 0 Å². The molecule has 0 heterocycles. The van der Waals surface area contributed by atoms with Crippen LogP contribution in [0.3, 0.4) is 0 Å². The van der Waals surface area contributed by atoms with Crippen LogP contribution in [0.4, 0.5) is 11.4 Å². The van der Waals surface area contributed by atoms with Gasteiger partial charge in [0.2, 0.25) is 5.91 Å². The molecule has 0 fully saturated rings. The first-order valence-corrected chi connectivity index (χ1v) is 10.6. The summed E-state index contributed by atoms with van der Waals surface area (Å²) >= 11 is 0. The number of nitrogens with one attached hydrogen (secondary N) is 3. The zero-order valence-corrected chi connectivity index (χ0v) is 18.2. The van der Waals surface area contributed by atoms with Crippen LogP contribution in [0.2, 0.25) is 0 Å². The molecule has 3 N–H and O–H groups in total. The Bertz CT molecular complexity index is 804. The summed E-state index contributed by atoms with van der Waals surface area (Å²) in [5.74, 6) is 1.12. The van der Waals surface area contributed by atoms with Gasteiger partial charge in [-0.15, -0.1) is 0 Å². The van der Waals surface area contributed by atoms with Gasteiger partial charge in [0.15, 0.2) is 0 Å². The van der Waals surface area contributed by atoms with E-state index in [4.69, 9.17) is 4.74 Å². The molecule has 0 unspecified atom stereocenters. The Hall–Kier alpha value is -3.02. The lowest BCUT2D eigenvalue weighted by Crippen LogP contribution is -2.24. The molecule has 2 amide bonds. The number of ether oxygens (including phenoxy) is 1. The van der Waals surface area contributed by atoms with E-state index < -0.39 is 0 Å². The first-order valence-electron chi connectivity index (χ1n) is 10.6. The Balaban J connectivity index is 1.78. The highest BCUT2D eigenvalue weighted by Crippen LogP contribution is 2.18. The maximum atomic E-state index is 12.2. The van der Waals surface area contributed by atoms with Gasteiger partial charge in [-0.25, -0.2) is 0 Å². The molecule has 2 aromatic rings. The summed E-state index contributed by atoms with van der Waals surface area (Å²) in [6, 6.07) is 14.5. The summed E-state index contributed by atoms with van der Waals surface area (Å²) in [4.78, 5) is 24.2. The molecule has 0 aliphatic heterocycles. The highest BCUT2D eigenvalue weighted by atomic mass is 16.5. The molecule has 2 rings (SSSR count). The van der Waals surface area contributed by atoms with E-state index >= 15 is 0 Å². The van der Waals surface area contributed by atoms with Crippen LogP contribution >= 0.6 is 0 Å². The molecule has 0 aliphatic carbocycles. The van der Waals surface area contributed by atoms with Gasteiger partial charge < -0.3 is 20.7 Å². The van der Waals surface area contributed by atoms with E-state index in [2.05, 4.69) is 36.7 Å². The van der Waals surface area contributed by atoms with Crippen LogP contribution in [0.25, 0.3) is 0 Å². The summed E-state index contributed by atoms with van der Waals surface area (Å²) < 4.78 is 5.75. The van der Waals surface area contributed by atoms with Crippen molar-refractivity contribution in [3.05, 3.63) is 54.1 Å². The number of anilines is 2. The highest BCUT2D eigenvalue weighted by Gasteiger charge is 2.07. The van der Waals surface area contributed by atoms with Crippen molar-refractivity contribution < 1.29 is 14.3 Å². The Labute approximate surface area is 179 Å². The predicted octanol–water partition coefficient (Wildman–Crippen LogP) is 4.69. The lowest BCUT2D eigenvalue weighted by Gasteiger charge is -2.11. The van der Waals surface area contributed by atoms with E-state index in [-0.39, 0.29) is 18.4 Å². The SMILES string of the molecule is CCCCNC(=O)c1ccc(NC(=O)CNc2cccc(OCCC(C)C)c2)cc1. The fourth-order valence-corrected chi connectivity index (χ4v) is 2.68. The number of rotatable bonds is 12. The lowest BCUT2D eigenvalue weighted by molar-refractivity contribution is -0.114. The third kappa shape index (κ3) is 8.55. The molecule has 0 atom stereocenters. The fourth-order valence-electron chi connectivity index (χ4n) is 2.68. The van der Waals surface area contributed by atoms with Crippen molar-refractivity contribution in [1.29, 1.82) is 0 Å². The molecule has 6 nitrogen and oxygen atoms in total. The minimum atomic E-state index is -0.165. The van der Waals surface area contributed by atoms with Crippen molar-refractivity contribution in [2.75, 3.05) is 30.3 Å². The Morgan fingerprint density at radius 3 is 2.50 bits per heavy atom. The normalized spacial score (nSPS) is 10.5. The van der Waals surface area contributed by atoms with Crippen LogP contribution in [0.5, 0.6) is 5.75 Å². The van der Waals surface area contributed by atoms with Crippen molar-refractivity contribution in [2.45, 2.75) is 40.0 Å². The largest absolute Gasteiger partial charge is 0.494 e. The Morgan fingerprint density at radius 2 is 1.80 bits per heavy atom. The van der Waals surface area contributed by atoms with Crippen LogP contribution in [-0.2, 0) is 4.79 Å². The minimum Gasteiger partial charge on any atom is -0.494 e. The fraction of sp³-hybridized carbons (Fsp3) is 0.417. The zero-order valence-electron chi connectivity index (χ0n) is 18.2. The molecular formula is C24H33N3O3. The molecular weight excluding hydrogens is 378 g/mol. The second kappa shape index (κ2) is 12.5. The van der Waals surface area contributed by atoms with Gasteiger partial charge in [0, 0.05) is 29.5 Å². The quantitative estimate of drug-likeness (QED) is 0.443. The maximum absolute atomic E-state index is 12.2. The third-order valence-electron chi connectivity index (χ3n) is 4.50. The molecule has 0 spiro atoms. The monoisotopic (exact) mass is 411 g/mol. The van der Waals surface area contributed by atoms with Gasteiger partial charge in [-0.1, -0.05) is 33.3 Å². The summed E-state index contributed by atoms with van der Waals surface area (Å²) in [5.41, 5.74) is 2.06. The molecule has 0 radical (unpaired) electrons. The zero-order chi connectivity index (χ0) is 21.8. The molecule has 6 heteroatoms. The molecule has 0 saturated heterocycles. The van der Waals surface area contributed by atoms with Crippen LogP contribution in [0.15, 0.2) is 48.5 Å². The summed E-state index contributed by atoms with van der Waals surface area (Å²) in [7, 11) is 0. The molecule has 0 saturated carbocycles. The molecule has 2 aromatic carbocycles. The van der Waals surface area contributed by atoms with E-state index in [0.717, 1.165) is 30.7 Å². The number of carbonyl (C=O) groups is 2. The Morgan fingerprint density at radius 1 is 1.03 bits per heavy atom. The molecule has 30 heavy (non-hydrogen) atoms. The topological polar surface area (TPSA) is 79.5 Å². The number of hydrogen-bond acceptors (Lipinski definition) is 4. The van der Waals surface area contributed by atoms with E-state index in [0.29, 0.717) is 30.3 Å². The van der Waals surface area contributed by atoms with E-state index in [1.165, 1.54) is 0 Å². The lowest BCUT2D eigenvalue weighted by atomic mass is 10.1. The second-order valence-corrected chi connectivity index (χ2v) is 7.65. The Kier molecular flexibility index (Phi) is 9.71. The van der Waals surface area contributed by atoms with Gasteiger partial charge in [0.05, 0.1) is 13.2 Å². The van der Waals surface area contributed by atoms with Gasteiger partial charge >= 0.3 is 0 Å². The number of unbranched alkanes of at least 4 members (excludes halogenated alkanes) is 1. The number of carbonyl (C=O) groups excluding carboxylic acids is 2. The van der Waals surface area contributed by atoms with Crippen molar-refractivity contribution >= 4 is 23.2 Å². The van der Waals surface area contributed by atoms with Crippen molar-refractivity contribution in [2.24, 2.45) is 5.92 Å². The minimum absolute atomic E-state index is 0.0986. The molecule has 0 aliphatic rings. The average molecular weight is 412 g/mol. The summed E-state index contributed by atoms with van der Waals surface area (Å²) in [6.45, 7) is 7.88. The number of amides is 2. The standard InChI is InChI=1S/C24H33N3O3/c1-4-5-14-25-24(29)19-9-11-20(12-10-19)27-23(28)17-26-21-7-6-8-22(16-21)30-15-13-18(2)3/h6-12,16,18,26H,4-5,13-15,17H2,1-3H3,(H,25,29)(H,27,28).